The number of carbonyl (C=O) groups is 1. The molecule has 138 valence electrons. The molecule has 0 spiro atoms. The van der Waals surface area contributed by atoms with Gasteiger partial charge in [0.25, 0.3) is 5.91 Å². The molecule has 0 aliphatic carbocycles. The highest BCUT2D eigenvalue weighted by Crippen LogP contribution is 2.25. The van der Waals surface area contributed by atoms with Gasteiger partial charge in [-0.2, -0.15) is 0 Å². The molecule has 0 saturated heterocycles. The summed E-state index contributed by atoms with van der Waals surface area (Å²) in [6.45, 7) is 2.42. The van der Waals surface area contributed by atoms with E-state index in [1.807, 2.05) is 49.4 Å². The Labute approximate surface area is 158 Å². The Morgan fingerprint density at radius 2 is 1.81 bits per heavy atom. The third-order valence-corrected chi connectivity index (χ3v) is 3.81. The van der Waals surface area contributed by atoms with Crippen molar-refractivity contribution in [3.8, 4) is 11.5 Å². The zero-order chi connectivity index (χ0) is 19.1. The molecule has 1 heterocycles. The summed E-state index contributed by atoms with van der Waals surface area (Å²) < 4.78 is 10.7. The van der Waals surface area contributed by atoms with Crippen LogP contribution in [0.2, 0.25) is 0 Å². The minimum absolute atomic E-state index is 0.305. The number of hydrogen-bond donors (Lipinski definition) is 2. The van der Waals surface area contributed by atoms with Crippen molar-refractivity contribution in [3.63, 3.8) is 0 Å². The number of para-hydroxylation sites is 2. The molecule has 3 rings (SSSR count). The summed E-state index contributed by atoms with van der Waals surface area (Å²) in [6, 6.07) is 18.3. The van der Waals surface area contributed by atoms with Crippen LogP contribution in [0.25, 0.3) is 0 Å². The molecule has 6 heteroatoms. The van der Waals surface area contributed by atoms with Crippen LogP contribution in [0.3, 0.4) is 0 Å². The van der Waals surface area contributed by atoms with Gasteiger partial charge in [-0.05, 0) is 55.5 Å². The lowest BCUT2D eigenvalue weighted by Gasteiger charge is -2.12. The normalized spacial score (nSPS) is 10.1. The molecular formula is C21H21N3O3. The highest BCUT2D eigenvalue weighted by atomic mass is 16.5. The van der Waals surface area contributed by atoms with E-state index in [1.165, 1.54) is 0 Å². The quantitative estimate of drug-likeness (QED) is 0.647. The molecule has 0 fully saturated rings. The Balaban J connectivity index is 1.73. The molecular weight excluding hydrogens is 342 g/mol. The number of benzene rings is 2. The Kier molecular flexibility index (Phi) is 5.89. The molecule has 6 nitrogen and oxygen atoms in total. The maximum absolute atomic E-state index is 12.6. The Hall–Kier alpha value is -3.54. The van der Waals surface area contributed by atoms with Gasteiger partial charge in [0.15, 0.2) is 0 Å². The van der Waals surface area contributed by atoms with Crippen molar-refractivity contribution < 1.29 is 14.3 Å². The van der Waals surface area contributed by atoms with Gasteiger partial charge in [-0.25, -0.2) is 0 Å². The van der Waals surface area contributed by atoms with E-state index in [0.29, 0.717) is 23.7 Å². The van der Waals surface area contributed by atoms with Crippen LogP contribution in [-0.4, -0.2) is 24.6 Å². The summed E-state index contributed by atoms with van der Waals surface area (Å²) in [5.41, 5.74) is 2.56. The van der Waals surface area contributed by atoms with Crippen LogP contribution >= 0.6 is 0 Å². The van der Waals surface area contributed by atoms with E-state index in [1.54, 1.807) is 31.5 Å². The number of aromatic nitrogens is 1. The predicted octanol–water partition coefficient (Wildman–Crippen LogP) is 4.48. The summed E-state index contributed by atoms with van der Waals surface area (Å²) in [4.78, 5) is 16.8. The molecule has 0 aliphatic rings. The lowest BCUT2D eigenvalue weighted by molar-refractivity contribution is 0.102. The van der Waals surface area contributed by atoms with Crippen LogP contribution in [0, 0.1) is 0 Å². The lowest BCUT2D eigenvalue weighted by atomic mass is 10.2. The summed E-state index contributed by atoms with van der Waals surface area (Å²) in [7, 11) is 1.62. The fraction of sp³-hybridized carbons (Fsp3) is 0.143. The number of amides is 1. The Morgan fingerprint density at radius 3 is 2.56 bits per heavy atom. The van der Waals surface area contributed by atoms with Crippen molar-refractivity contribution in [3.05, 3.63) is 72.6 Å². The van der Waals surface area contributed by atoms with E-state index < -0.39 is 0 Å². The fourth-order valence-corrected chi connectivity index (χ4v) is 2.51. The van der Waals surface area contributed by atoms with Gasteiger partial charge in [0.1, 0.15) is 17.2 Å². The van der Waals surface area contributed by atoms with E-state index in [9.17, 15) is 4.79 Å². The second-order valence-corrected chi connectivity index (χ2v) is 5.67. The van der Waals surface area contributed by atoms with Gasteiger partial charge >= 0.3 is 0 Å². The van der Waals surface area contributed by atoms with E-state index in [2.05, 4.69) is 15.6 Å². The smallest absolute Gasteiger partial charge is 0.274 e. The highest BCUT2D eigenvalue weighted by Gasteiger charge is 2.11. The lowest BCUT2D eigenvalue weighted by Crippen LogP contribution is -2.14. The number of nitrogens with zero attached hydrogens (tertiary/aromatic N) is 1. The molecule has 0 bridgehead atoms. The molecule has 0 aliphatic heterocycles. The molecule has 0 radical (unpaired) electrons. The van der Waals surface area contributed by atoms with Gasteiger partial charge in [0.2, 0.25) is 0 Å². The molecule has 27 heavy (non-hydrogen) atoms. The molecule has 1 amide bonds. The molecule has 0 unspecified atom stereocenters. The van der Waals surface area contributed by atoms with Crippen LogP contribution in [0.15, 0.2) is 66.9 Å². The maximum atomic E-state index is 12.6. The number of carbonyl (C=O) groups excluding carboxylic acids is 1. The van der Waals surface area contributed by atoms with Crippen molar-refractivity contribution in [2.24, 2.45) is 0 Å². The first-order valence-electron chi connectivity index (χ1n) is 8.60. The van der Waals surface area contributed by atoms with Crippen molar-refractivity contribution in [1.82, 2.24) is 4.98 Å². The van der Waals surface area contributed by atoms with Gasteiger partial charge in [0, 0.05) is 17.6 Å². The van der Waals surface area contributed by atoms with Crippen molar-refractivity contribution >= 4 is 23.0 Å². The number of anilines is 3. The second kappa shape index (κ2) is 8.71. The van der Waals surface area contributed by atoms with Crippen LogP contribution in [0.5, 0.6) is 11.5 Å². The van der Waals surface area contributed by atoms with Crippen LogP contribution in [-0.2, 0) is 0 Å². The van der Waals surface area contributed by atoms with Crippen molar-refractivity contribution in [2.75, 3.05) is 24.4 Å². The molecule has 2 N–H and O–H groups in total. The Morgan fingerprint density at radius 1 is 1.04 bits per heavy atom. The van der Waals surface area contributed by atoms with Gasteiger partial charge in [-0.3, -0.25) is 9.78 Å². The highest BCUT2D eigenvalue weighted by molar-refractivity contribution is 6.04. The van der Waals surface area contributed by atoms with Crippen molar-refractivity contribution in [2.45, 2.75) is 6.92 Å². The molecule has 3 aromatic rings. The largest absolute Gasteiger partial charge is 0.497 e. The van der Waals surface area contributed by atoms with E-state index >= 15 is 0 Å². The predicted molar refractivity (Wildman–Crippen MR) is 106 cm³/mol. The third-order valence-electron chi connectivity index (χ3n) is 3.81. The number of nitrogens with one attached hydrogen (secondary N) is 2. The average molecular weight is 363 g/mol. The first-order chi connectivity index (χ1) is 13.2. The monoisotopic (exact) mass is 363 g/mol. The Bertz CT molecular complexity index is 911. The summed E-state index contributed by atoms with van der Waals surface area (Å²) >= 11 is 0. The number of methoxy groups -OCH3 is 1. The fourth-order valence-electron chi connectivity index (χ4n) is 2.51. The molecule has 2 aromatic carbocycles. The number of hydrogen-bond acceptors (Lipinski definition) is 5. The minimum Gasteiger partial charge on any atom is -0.497 e. The average Bonchev–Trinajstić information content (AvgIpc) is 2.70. The number of ether oxygens (including phenoxy) is 2. The zero-order valence-electron chi connectivity index (χ0n) is 15.2. The van der Waals surface area contributed by atoms with E-state index in [0.717, 1.165) is 17.1 Å². The standard InChI is InChI=1S/C21H21N3O3/c1-3-27-20-7-5-4-6-18(20)24-21(25)19-14-16(12-13-22-19)23-15-8-10-17(26-2)11-9-15/h4-14H,3H2,1-2H3,(H,22,23)(H,24,25). The second-order valence-electron chi connectivity index (χ2n) is 5.67. The summed E-state index contributed by atoms with van der Waals surface area (Å²) in [6.07, 6.45) is 1.59. The summed E-state index contributed by atoms with van der Waals surface area (Å²) in [5.74, 6) is 1.10. The number of rotatable bonds is 7. The topological polar surface area (TPSA) is 72.5 Å². The number of pyridine rings is 1. The maximum Gasteiger partial charge on any atom is 0.274 e. The van der Waals surface area contributed by atoms with Gasteiger partial charge in [-0.15, -0.1) is 0 Å². The van der Waals surface area contributed by atoms with Gasteiger partial charge in [-0.1, -0.05) is 12.1 Å². The van der Waals surface area contributed by atoms with Gasteiger partial charge in [0.05, 0.1) is 19.4 Å². The zero-order valence-corrected chi connectivity index (χ0v) is 15.2. The molecule has 0 saturated carbocycles. The minimum atomic E-state index is -0.305. The molecule has 0 atom stereocenters. The van der Waals surface area contributed by atoms with Crippen LogP contribution in [0.4, 0.5) is 17.1 Å². The molecule has 1 aromatic heterocycles. The van der Waals surface area contributed by atoms with Crippen LogP contribution in [0.1, 0.15) is 17.4 Å². The van der Waals surface area contributed by atoms with Crippen LogP contribution < -0.4 is 20.1 Å². The van der Waals surface area contributed by atoms with E-state index in [4.69, 9.17) is 9.47 Å². The van der Waals surface area contributed by atoms with Crippen molar-refractivity contribution in [1.29, 1.82) is 0 Å². The first kappa shape index (κ1) is 18.3. The van der Waals surface area contributed by atoms with E-state index in [-0.39, 0.29) is 5.91 Å². The third kappa shape index (κ3) is 4.76. The van der Waals surface area contributed by atoms with Gasteiger partial charge < -0.3 is 20.1 Å². The first-order valence-corrected chi connectivity index (χ1v) is 8.60. The summed E-state index contributed by atoms with van der Waals surface area (Å²) in [5, 5.41) is 6.09. The SMILES string of the molecule is CCOc1ccccc1NC(=O)c1cc(Nc2ccc(OC)cc2)ccn1.